The first-order valence-electron chi connectivity index (χ1n) is 10.9. The number of anilines is 1. The fraction of sp³-hybridized carbons (Fsp3) is 0.375. The molecule has 5 rings (SSSR count). The molecule has 0 radical (unpaired) electrons. The van der Waals surface area contributed by atoms with Crippen molar-refractivity contribution in [3.63, 3.8) is 0 Å². The fourth-order valence-corrected chi connectivity index (χ4v) is 4.23. The van der Waals surface area contributed by atoms with Gasteiger partial charge in [-0.05, 0) is 6.07 Å². The molecule has 2 saturated heterocycles. The summed E-state index contributed by atoms with van der Waals surface area (Å²) in [5.74, 6) is 0.960. The quantitative estimate of drug-likeness (QED) is 0.649. The molecule has 3 aromatic rings. The van der Waals surface area contributed by atoms with Crippen molar-refractivity contribution in [2.45, 2.75) is 0 Å². The zero-order valence-electron chi connectivity index (χ0n) is 17.6. The van der Waals surface area contributed by atoms with Crippen molar-refractivity contribution in [3.05, 3.63) is 54.6 Å². The van der Waals surface area contributed by atoms with E-state index in [9.17, 15) is 4.79 Å². The normalized spacial score (nSPS) is 17.8. The summed E-state index contributed by atoms with van der Waals surface area (Å²) >= 11 is 0. The van der Waals surface area contributed by atoms with Crippen molar-refractivity contribution < 1.29 is 9.53 Å². The van der Waals surface area contributed by atoms with Crippen LogP contribution in [-0.4, -0.2) is 84.7 Å². The molecule has 0 bridgehead atoms. The Morgan fingerprint density at radius 3 is 2.32 bits per heavy atom. The molecule has 0 N–H and O–H groups in total. The van der Waals surface area contributed by atoms with E-state index in [1.807, 2.05) is 41.3 Å². The maximum Gasteiger partial charge on any atom is 0.236 e. The summed E-state index contributed by atoms with van der Waals surface area (Å²) in [7, 11) is 0. The molecule has 7 nitrogen and oxygen atoms in total. The Morgan fingerprint density at radius 1 is 0.839 bits per heavy atom. The first-order chi connectivity index (χ1) is 15.3. The van der Waals surface area contributed by atoms with E-state index in [4.69, 9.17) is 14.7 Å². The lowest BCUT2D eigenvalue weighted by Gasteiger charge is -2.36. The number of hydrogen-bond donors (Lipinski definition) is 0. The summed E-state index contributed by atoms with van der Waals surface area (Å²) in [6.07, 6.45) is 0. The maximum atomic E-state index is 12.6. The van der Waals surface area contributed by atoms with Crippen molar-refractivity contribution >= 4 is 22.8 Å². The summed E-state index contributed by atoms with van der Waals surface area (Å²) in [6, 6.07) is 18.4. The van der Waals surface area contributed by atoms with E-state index >= 15 is 0 Å². The van der Waals surface area contributed by atoms with E-state index in [-0.39, 0.29) is 5.91 Å². The Morgan fingerprint density at radius 2 is 1.55 bits per heavy atom. The molecule has 3 heterocycles. The molecule has 7 heteroatoms. The van der Waals surface area contributed by atoms with Gasteiger partial charge >= 0.3 is 0 Å². The summed E-state index contributed by atoms with van der Waals surface area (Å²) in [5, 5.41) is 1.06. The second kappa shape index (κ2) is 8.99. The molecule has 31 heavy (non-hydrogen) atoms. The SMILES string of the molecule is O=C(CN1CCN(c2nc(-c3ccccc3)c3ccccc3n2)CC1)N1CCOCC1. The number of nitrogens with zero attached hydrogens (tertiary/aromatic N) is 5. The van der Waals surface area contributed by atoms with Crippen LogP contribution < -0.4 is 4.90 Å². The summed E-state index contributed by atoms with van der Waals surface area (Å²) in [6.45, 7) is 6.43. The average molecular weight is 418 g/mol. The van der Waals surface area contributed by atoms with Crippen LogP contribution in [-0.2, 0) is 9.53 Å². The molecule has 1 amide bonds. The Kier molecular flexibility index (Phi) is 5.78. The zero-order valence-corrected chi connectivity index (χ0v) is 17.6. The van der Waals surface area contributed by atoms with Gasteiger partial charge in [-0.3, -0.25) is 9.69 Å². The number of fused-ring (bicyclic) bond motifs is 1. The Balaban J connectivity index is 1.31. The van der Waals surface area contributed by atoms with E-state index in [2.05, 4.69) is 28.0 Å². The van der Waals surface area contributed by atoms with Crippen molar-refractivity contribution in [1.29, 1.82) is 0 Å². The van der Waals surface area contributed by atoms with Gasteiger partial charge in [0.2, 0.25) is 11.9 Å². The van der Waals surface area contributed by atoms with Gasteiger partial charge in [0.15, 0.2) is 0 Å². The number of amides is 1. The molecule has 0 spiro atoms. The van der Waals surface area contributed by atoms with Crippen molar-refractivity contribution in [2.75, 3.05) is 63.9 Å². The predicted molar refractivity (Wildman–Crippen MR) is 121 cm³/mol. The smallest absolute Gasteiger partial charge is 0.236 e. The van der Waals surface area contributed by atoms with Crippen LogP contribution in [0.15, 0.2) is 54.6 Å². The number of piperazine rings is 1. The van der Waals surface area contributed by atoms with Gasteiger partial charge in [-0.2, -0.15) is 0 Å². The molecule has 2 aliphatic rings. The molecule has 0 saturated carbocycles. The van der Waals surface area contributed by atoms with Crippen LogP contribution in [0.25, 0.3) is 22.2 Å². The number of ether oxygens (including phenoxy) is 1. The summed E-state index contributed by atoms with van der Waals surface area (Å²) < 4.78 is 5.35. The van der Waals surface area contributed by atoms with Crippen LogP contribution in [0.3, 0.4) is 0 Å². The third-order valence-corrected chi connectivity index (χ3v) is 6.02. The van der Waals surface area contributed by atoms with Crippen molar-refractivity contribution in [2.24, 2.45) is 0 Å². The summed E-state index contributed by atoms with van der Waals surface area (Å²) in [5.41, 5.74) is 3.01. The van der Waals surface area contributed by atoms with Crippen LogP contribution in [0.4, 0.5) is 5.95 Å². The highest BCUT2D eigenvalue weighted by Crippen LogP contribution is 2.28. The van der Waals surface area contributed by atoms with E-state index in [1.165, 1.54) is 0 Å². The number of benzene rings is 2. The highest BCUT2D eigenvalue weighted by molar-refractivity contribution is 5.93. The Hall–Kier alpha value is -3.03. The zero-order chi connectivity index (χ0) is 21.0. The van der Waals surface area contributed by atoms with E-state index in [1.54, 1.807) is 0 Å². The molecular formula is C24H27N5O2. The first-order valence-corrected chi connectivity index (χ1v) is 10.9. The molecular weight excluding hydrogens is 390 g/mol. The Bertz CT molecular complexity index is 1040. The second-order valence-corrected chi connectivity index (χ2v) is 8.01. The predicted octanol–water partition coefficient (Wildman–Crippen LogP) is 2.28. The number of rotatable bonds is 4. The lowest BCUT2D eigenvalue weighted by molar-refractivity contribution is -0.136. The number of hydrogen-bond acceptors (Lipinski definition) is 6. The fourth-order valence-electron chi connectivity index (χ4n) is 4.23. The van der Waals surface area contributed by atoms with Gasteiger partial charge in [-0.1, -0.05) is 48.5 Å². The minimum atomic E-state index is 0.199. The van der Waals surface area contributed by atoms with E-state index < -0.39 is 0 Å². The standard InChI is InChI=1S/C24H27N5O2/c30-22(28-14-16-31-17-15-28)18-27-10-12-29(13-11-27)24-25-21-9-5-4-8-20(21)23(26-24)19-6-2-1-3-7-19/h1-9H,10-18H2. The molecule has 160 valence electrons. The van der Waals surface area contributed by atoms with Crippen molar-refractivity contribution in [1.82, 2.24) is 19.8 Å². The number of aromatic nitrogens is 2. The monoisotopic (exact) mass is 417 g/mol. The Labute approximate surface area is 182 Å². The number of carbonyl (C=O) groups excluding carboxylic acids is 1. The van der Waals surface area contributed by atoms with Gasteiger partial charge in [-0.25, -0.2) is 9.97 Å². The van der Waals surface area contributed by atoms with Gasteiger partial charge in [0.1, 0.15) is 0 Å². The topological polar surface area (TPSA) is 61.8 Å². The summed E-state index contributed by atoms with van der Waals surface area (Å²) in [4.78, 5) is 28.7. The molecule has 0 aliphatic carbocycles. The van der Waals surface area contributed by atoms with E-state index in [0.29, 0.717) is 32.8 Å². The lowest BCUT2D eigenvalue weighted by Crippen LogP contribution is -2.51. The van der Waals surface area contributed by atoms with Gasteiger partial charge in [0.25, 0.3) is 0 Å². The molecule has 2 aromatic carbocycles. The minimum absolute atomic E-state index is 0.199. The number of carbonyl (C=O) groups is 1. The van der Waals surface area contributed by atoms with Crippen LogP contribution >= 0.6 is 0 Å². The van der Waals surface area contributed by atoms with Crippen molar-refractivity contribution in [3.8, 4) is 11.3 Å². The van der Waals surface area contributed by atoms with Crippen LogP contribution in [0.5, 0.6) is 0 Å². The largest absolute Gasteiger partial charge is 0.378 e. The first kappa shape index (κ1) is 19.9. The van der Waals surface area contributed by atoms with Crippen LogP contribution in [0.2, 0.25) is 0 Å². The lowest BCUT2D eigenvalue weighted by atomic mass is 10.1. The van der Waals surface area contributed by atoms with Gasteiger partial charge < -0.3 is 14.5 Å². The van der Waals surface area contributed by atoms with Gasteiger partial charge in [0.05, 0.1) is 31.0 Å². The molecule has 0 atom stereocenters. The molecule has 2 aliphatic heterocycles. The van der Waals surface area contributed by atoms with E-state index in [0.717, 1.165) is 54.3 Å². The molecule has 0 unspecified atom stereocenters. The third kappa shape index (κ3) is 4.38. The maximum absolute atomic E-state index is 12.6. The van der Waals surface area contributed by atoms with Gasteiger partial charge in [-0.15, -0.1) is 0 Å². The highest BCUT2D eigenvalue weighted by Gasteiger charge is 2.24. The molecule has 2 fully saturated rings. The minimum Gasteiger partial charge on any atom is -0.378 e. The third-order valence-electron chi connectivity index (χ3n) is 6.02. The van der Waals surface area contributed by atoms with Crippen LogP contribution in [0, 0.1) is 0 Å². The average Bonchev–Trinajstić information content (AvgIpc) is 2.85. The highest BCUT2D eigenvalue weighted by atomic mass is 16.5. The van der Waals surface area contributed by atoms with Crippen LogP contribution in [0.1, 0.15) is 0 Å². The molecule has 1 aromatic heterocycles. The number of morpholine rings is 1. The second-order valence-electron chi connectivity index (χ2n) is 8.01. The van der Waals surface area contributed by atoms with Gasteiger partial charge in [0, 0.05) is 50.2 Å². The number of para-hydroxylation sites is 1.